The highest BCUT2D eigenvalue weighted by atomic mass is 32.1. The highest BCUT2D eigenvalue weighted by Crippen LogP contribution is 2.43. The Hall–Kier alpha value is -3.20. The monoisotopic (exact) mass is 429 g/mol. The molecule has 2 heterocycles. The Morgan fingerprint density at radius 1 is 1.20 bits per heavy atom. The van der Waals surface area contributed by atoms with E-state index in [9.17, 15) is 19.2 Å². The number of carbonyl (C=O) groups excluding carboxylic acids is 4. The Morgan fingerprint density at radius 3 is 2.57 bits per heavy atom. The second-order valence-electron chi connectivity index (χ2n) is 6.89. The largest absolute Gasteiger partial charge is 0.455 e. The molecule has 30 heavy (non-hydrogen) atoms. The minimum Gasteiger partial charge on any atom is -0.455 e. The molecular weight excluding hydrogens is 406 g/mol. The summed E-state index contributed by atoms with van der Waals surface area (Å²) in [4.78, 5) is 51.3. The molecule has 2 aromatic rings. The van der Waals surface area contributed by atoms with Gasteiger partial charge >= 0.3 is 12.0 Å². The maximum Gasteiger partial charge on any atom is 0.321 e. The Balaban J connectivity index is 1.75. The highest BCUT2D eigenvalue weighted by molar-refractivity contribution is 7.10. The van der Waals surface area contributed by atoms with E-state index in [2.05, 4.69) is 10.6 Å². The van der Waals surface area contributed by atoms with Gasteiger partial charge in [0.2, 0.25) is 5.91 Å². The van der Waals surface area contributed by atoms with Gasteiger partial charge in [0, 0.05) is 23.5 Å². The summed E-state index contributed by atoms with van der Waals surface area (Å²) in [5.74, 6) is -2.33. The van der Waals surface area contributed by atoms with Crippen LogP contribution in [0, 0.1) is 12.8 Å². The number of urea groups is 1. The number of carbonyl (C=O) groups is 4. The van der Waals surface area contributed by atoms with E-state index in [1.54, 1.807) is 11.8 Å². The first-order valence-electron chi connectivity index (χ1n) is 9.57. The van der Waals surface area contributed by atoms with E-state index < -0.39 is 36.5 Å². The SMILES string of the molecule is CCNC(=O)NC(=O)COC(=O)[C@H]1CC(=O)N(c2ccc(C)cc2)[C@@H]1c1cccs1. The number of benzene rings is 1. The minimum absolute atomic E-state index is 0.0206. The summed E-state index contributed by atoms with van der Waals surface area (Å²) in [6.07, 6.45) is -0.0206. The molecule has 4 amide bonds. The number of imide groups is 1. The number of hydrogen-bond donors (Lipinski definition) is 2. The topological polar surface area (TPSA) is 105 Å². The van der Waals surface area contributed by atoms with Crippen LogP contribution >= 0.6 is 11.3 Å². The van der Waals surface area contributed by atoms with Crippen molar-refractivity contribution in [1.82, 2.24) is 10.6 Å². The number of rotatable bonds is 6. The maximum atomic E-state index is 12.8. The van der Waals surface area contributed by atoms with Crippen LogP contribution in [0.3, 0.4) is 0 Å². The normalized spacial score (nSPS) is 18.2. The zero-order chi connectivity index (χ0) is 21.7. The number of aryl methyl sites for hydroxylation is 1. The van der Waals surface area contributed by atoms with E-state index in [0.29, 0.717) is 12.2 Å². The molecule has 1 aliphatic heterocycles. The first-order valence-corrected chi connectivity index (χ1v) is 10.4. The van der Waals surface area contributed by atoms with Crippen LogP contribution in [0.25, 0.3) is 0 Å². The molecule has 0 bridgehead atoms. The molecule has 2 N–H and O–H groups in total. The fraction of sp³-hybridized carbons (Fsp3) is 0.333. The van der Waals surface area contributed by atoms with Crippen molar-refractivity contribution < 1.29 is 23.9 Å². The van der Waals surface area contributed by atoms with Crippen molar-refractivity contribution >= 4 is 40.8 Å². The molecule has 158 valence electrons. The zero-order valence-electron chi connectivity index (χ0n) is 16.7. The van der Waals surface area contributed by atoms with Crippen LogP contribution in [-0.4, -0.2) is 37.0 Å². The van der Waals surface area contributed by atoms with Gasteiger partial charge in [-0.1, -0.05) is 23.8 Å². The summed E-state index contributed by atoms with van der Waals surface area (Å²) >= 11 is 1.45. The number of amides is 4. The lowest BCUT2D eigenvalue weighted by molar-refractivity contribution is -0.152. The summed E-state index contributed by atoms with van der Waals surface area (Å²) in [6.45, 7) is 3.44. The number of nitrogens with zero attached hydrogens (tertiary/aromatic N) is 1. The van der Waals surface area contributed by atoms with Crippen molar-refractivity contribution in [3.8, 4) is 0 Å². The van der Waals surface area contributed by atoms with E-state index in [4.69, 9.17) is 4.74 Å². The maximum absolute atomic E-state index is 12.8. The standard InChI is InChI=1S/C21H23N3O5S/c1-3-22-21(28)23-17(25)12-29-20(27)15-11-18(26)24(14-8-6-13(2)7-9-14)19(15)16-5-4-10-30-16/h4-10,15,19H,3,11-12H2,1-2H3,(H2,22,23,25,28)/t15-,19-/m0/s1. The van der Waals surface area contributed by atoms with Crippen LogP contribution in [0.1, 0.15) is 29.8 Å². The van der Waals surface area contributed by atoms with Gasteiger partial charge in [0.15, 0.2) is 6.61 Å². The smallest absolute Gasteiger partial charge is 0.321 e. The van der Waals surface area contributed by atoms with Gasteiger partial charge < -0.3 is 15.0 Å². The molecule has 3 rings (SSSR count). The average Bonchev–Trinajstić information content (AvgIpc) is 3.34. The first kappa shape index (κ1) is 21.5. The highest BCUT2D eigenvalue weighted by Gasteiger charge is 2.46. The van der Waals surface area contributed by atoms with Gasteiger partial charge in [-0.25, -0.2) is 4.79 Å². The van der Waals surface area contributed by atoms with E-state index in [-0.39, 0.29) is 12.3 Å². The molecule has 1 aromatic carbocycles. The molecule has 0 unspecified atom stereocenters. The number of ether oxygens (including phenoxy) is 1. The van der Waals surface area contributed by atoms with E-state index in [1.807, 2.05) is 48.7 Å². The third-order valence-corrected chi connectivity index (χ3v) is 5.65. The van der Waals surface area contributed by atoms with Crippen molar-refractivity contribution in [2.24, 2.45) is 5.92 Å². The van der Waals surface area contributed by atoms with Crippen LogP contribution in [0.5, 0.6) is 0 Å². The third kappa shape index (κ3) is 4.85. The van der Waals surface area contributed by atoms with Gasteiger partial charge in [-0.3, -0.25) is 19.7 Å². The molecule has 0 saturated carbocycles. The number of anilines is 1. The Bertz CT molecular complexity index is 927. The number of nitrogens with one attached hydrogen (secondary N) is 2. The molecule has 1 saturated heterocycles. The van der Waals surface area contributed by atoms with Crippen molar-refractivity contribution in [3.63, 3.8) is 0 Å². The lowest BCUT2D eigenvalue weighted by atomic mass is 9.99. The van der Waals surface area contributed by atoms with Crippen molar-refractivity contribution in [1.29, 1.82) is 0 Å². The van der Waals surface area contributed by atoms with Crippen molar-refractivity contribution in [2.45, 2.75) is 26.3 Å². The Labute approximate surface area is 178 Å². The predicted molar refractivity (Wildman–Crippen MR) is 112 cm³/mol. The van der Waals surface area contributed by atoms with Gasteiger partial charge in [-0.2, -0.15) is 0 Å². The predicted octanol–water partition coefficient (Wildman–Crippen LogP) is 2.54. The Kier molecular flexibility index (Phi) is 6.83. The Morgan fingerprint density at radius 2 is 1.93 bits per heavy atom. The van der Waals surface area contributed by atoms with E-state index in [1.165, 1.54) is 11.3 Å². The quantitative estimate of drug-likeness (QED) is 0.687. The van der Waals surface area contributed by atoms with Gasteiger partial charge in [0.05, 0.1) is 12.0 Å². The van der Waals surface area contributed by atoms with Gasteiger partial charge in [0.25, 0.3) is 5.91 Å². The molecule has 2 atom stereocenters. The second kappa shape index (κ2) is 9.53. The van der Waals surface area contributed by atoms with E-state index in [0.717, 1.165) is 10.4 Å². The van der Waals surface area contributed by atoms with Crippen LogP contribution in [0.15, 0.2) is 41.8 Å². The number of hydrogen-bond acceptors (Lipinski definition) is 6. The molecule has 1 aromatic heterocycles. The van der Waals surface area contributed by atoms with Crippen molar-refractivity contribution in [3.05, 3.63) is 52.2 Å². The molecular formula is C21H23N3O5S. The number of esters is 1. The molecule has 0 radical (unpaired) electrons. The van der Waals surface area contributed by atoms with Gasteiger partial charge in [-0.15, -0.1) is 11.3 Å². The van der Waals surface area contributed by atoms with Crippen LogP contribution in [0.4, 0.5) is 10.5 Å². The minimum atomic E-state index is -0.755. The molecule has 1 aliphatic rings. The first-order chi connectivity index (χ1) is 14.4. The number of thiophene rings is 1. The lowest BCUT2D eigenvalue weighted by Crippen LogP contribution is -2.41. The van der Waals surface area contributed by atoms with E-state index >= 15 is 0 Å². The van der Waals surface area contributed by atoms with Crippen molar-refractivity contribution in [2.75, 3.05) is 18.1 Å². The third-order valence-electron chi connectivity index (χ3n) is 4.71. The van der Waals surface area contributed by atoms with Gasteiger partial charge in [0.1, 0.15) is 0 Å². The summed E-state index contributed by atoms with van der Waals surface area (Å²) in [7, 11) is 0. The molecule has 9 heteroatoms. The zero-order valence-corrected chi connectivity index (χ0v) is 17.5. The lowest BCUT2D eigenvalue weighted by Gasteiger charge is -2.27. The fourth-order valence-electron chi connectivity index (χ4n) is 3.35. The van der Waals surface area contributed by atoms with Gasteiger partial charge in [-0.05, 0) is 37.4 Å². The fourth-order valence-corrected chi connectivity index (χ4v) is 4.23. The molecule has 8 nitrogen and oxygen atoms in total. The van der Waals surface area contributed by atoms with Crippen LogP contribution in [-0.2, 0) is 19.1 Å². The molecule has 0 spiro atoms. The summed E-state index contributed by atoms with van der Waals surface area (Å²) in [5.41, 5.74) is 1.76. The van der Waals surface area contributed by atoms with Crippen LogP contribution < -0.4 is 15.5 Å². The second-order valence-corrected chi connectivity index (χ2v) is 7.86. The summed E-state index contributed by atoms with van der Waals surface area (Å²) in [6, 6.07) is 10.1. The summed E-state index contributed by atoms with van der Waals surface area (Å²) < 4.78 is 5.14. The average molecular weight is 429 g/mol. The summed E-state index contributed by atoms with van der Waals surface area (Å²) in [5, 5.41) is 6.37. The van der Waals surface area contributed by atoms with Crippen LogP contribution in [0.2, 0.25) is 0 Å². The molecule has 1 fully saturated rings. The molecule has 0 aliphatic carbocycles.